The monoisotopic (exact) mass is 283 g/mol. The Balaban J connectivity index is 1.63. The molecular formula is C17H17NO3. The molecule has 0 aromatic heterocycles. The van der Waals surface area contributed by atoms with Crippen LogP contribution in [0.1, 0.15) is 16.7 Å². The minimum absolute atomic E-state index is 0.244. The fourth-order valence-electron chi connectivity index (χ4n) is 2.53. The van der Waals surface area contributed by atoms with Gasteiger partial charge in [0.15, 0.2) is 0 Å². The maximum Gasteiger partial charge on any atom is 0.410 e. The maximum atomic E-state index is 12.1. The third-order valence-electron chi connectivity index (χ3n) is 3.71. The van der Waals surface area contributed by atoms with Crippen LogP contribution in [0.3, 0.4) is 0 Å². The van der Waals surface area contributed by atoms with Crippen LogP contribution < -0.4 is 0 Å². The zero-order valence-electron chi connectivity index (χ0n) is 11.7. The van der Waals surface area contributed by atoms with Crippen LogP contribution in [0.4, 0.5) is 4.79 Å². The van der Waals surface area contributed by atoms with Crippen LogP contribution in [0.2, 0.25) is 0 Å². The van der Waals surface area contributed by atoms with Gasteiger partial charge in [-0.2, -0.15) is 0 Å². The van der Waals surface area contributed by atoms with Crippen molar-refractivity contribution in [2.75, 3.05) is 6.54 Å². The molecule has 0 fully saturated rings. The van der Waals surface area contributed by atoms with E-state index in [2.05, 4.69) is 0 Å². The van der Waals surface area contributed by atoms with Crippen LogP contribution in [0.25, 0.3) is 0 Å². The molecule has 0 saturated carbocycles. The minimum atomic E-state index is -0.340. The Labute approximate surface area is 123 Å². The molecule has 1 aliphatic rings. The van der Waals surface area contributed by atoms with Gasteiger partial charge in [0, 0.05) is 12.1 Å². The molecule has 1 aliphatic heterocycles. The summed E-state index contributed by atoms with van der Waals surface area (Å²) < 4.78 is 5.33. The van der Waals surface area contributed by atoms with E-state index in [-0.39, 0.29) is 18.4 Å². The molecule has 108 valence electrons. The molecule has 4 nitrogen and oxygen atoms in total. The number of amides is 1. The fourth-order valence-corrected chi connectivity index (χ4v) is 2.53. The van der Waals surface area contributed by atoms with E-state index in [1.54, 1.807) is 11.0 Å². The Morgan fingerprint density at radius 3 is 2.76 bits per heavy atom. The second-order valence-corrected chi connectivity index (χ2v) is 5.13. The van der Waals surface area contributed by atoms with Crippen molar-refractivity contribution in [2.45, 2.75) is 19.6 Å². The molecule has 1 amide bonds. The van der Waals surface area contributed by atoms with Gasteiger partial charge in [-0.3, -0.25) is 0 Å². The van der Waals surface area contributed by atoms with Gasteiger partial charge in [0.05, 0.1) is 6.54 Å². The highest BCUT2D eigenvalue weighted by Crippen LogP contribution is 2.27. The third kappa shape index (κ3) is 2.99. The van der Waals surface area contributed by atoms with Gasteiger partial charge < -0.3 is 14.7 Å². The Morgan fingerprint density at radius 2 is 1.95 bits per heavy atom. The lowest BCUT2D eigenvalue weighted by Gasteiger charge is -2.28. The second kappa shape index (κ2) is 5.87. The molecule has 0 spiro atoms. The molecule has 0 bridgehead atoms. The van der Waals surface area contributed by atoms with Gasteiger partial charge in [0.1, 0.15) is 12.4 Å². The first kappa shape index (κ1) is 13.5. The zero-order chi connectivity index (χ0) is 14.7. The van der Waals surface area contributed by atoms with E-state index >= 15 is 0 Å². The number of benzene rings is 2. The lowest BCUT2D eigenvalue weighted by atomic mass is 9.99. The topological polar surface area (TPSA) is 49.8 Å². The highest BCUT2D eigenvalue weighted by atomic mass is 16.6. The number of ether oxygens (including phenoxy) is 1. The van der Waals surface area contributed by atoms with E-state index < -0.39 is 0 Å². The lowest BCUT2D eigenvalue weighted by Crippen LogP contribution is -2.36. The SMILES string of the molecule is O=C(OCc1ccccc1)N1CCc2cccc(O)c2C1. The Bertz CT molecular complexity index is 640. The molecule has 4 heteroatoms. The van der Waals surface area contributed by atoms with Gasteiger partial charge in [0.2, 0.25) is 0 Å². The summed E-state index contributed by atoms with van der Waals surface area (Å²) in [6, 6.07) is 15.1. The van der Waals surface area contributed by atoms with Crippen LogP contribution in [0.15, 0.2) is 48.5 Å². The maximum absolute atomic E-state index is 12.1. The number of fused-ring (bicyclic) bond motifs is 1. The molecule has 2 aromatic rings. The summed E-state index contributed by atoms with van der Waals surface area (Å²) in [7, 11) is 0. The second-order valence-electron chi connectivity index (χ2n) is 5.13. The number of phenolic OH excluding ortho intramolecular Hbond substituents is 1. The number of hydrogen-bond acceptors (Lipinski definition) is 3. The van der Waals surface area contributed by atoms with Crippen molar-refractivity contribution >= 4 is 6.09 Å². The van der Waals surface area contributed by atoms with E-state index in [4.69, 9.17) is 4.74 Å². The van der Waals surface area contributed by atoms with Crippen LogP contribution in [-0.4, -0.2) is 22.6 Å². The largest absolute Gasteiger partial charge is 0.508 e. The molecule has 0 aliphatic carbocycles. The van der Waals surface area contributed by atoms with Crippen LogP contribution in [0.5, 0.6) is 5.75 Å². The number of rotatable bonds is 2. The van der Waals surface area contributed by atoms with Gasteiger partial charge in [-0.05, 0) is 23.6 Å². The lowest BCUT2D eigenvalue weighted by molar-refractivity contribution is 0.0915. The van der Waals surface area contributed by atoms with Crippen LogP contribution in [0, 0.1) is 0 Å². The predicted molar refractivity (Wildman–Crippen MR) is 78.8 cm³/mol. The average molecular weight is 283 g/mol. The molecule has 0 radical (unpaired) electrons. The van der Waals surface area contributed by atoms with Crippen molar-refractivity contribution in [1.82, 2.24) is 4.90 Å². The van der Waals surface area contributed by atoms with Gasteiger partial charge in [-0.15, -0.1) is 0 Å². The first-order chi connectivity index (χ1) is 10.2. The molecular weight excluding hydrogens is 266 g/mol. The molecule has 21 heavy (non-hydrogen) atoms. The number of carbonyl (C=O) groups excluding carboxylic acids is 1. The van der Waals surface area contributed by atoms with Gasteiger partial charge >= 0.3 is 6.09 Å². The first-order valence-corrected chi connectivity index (χ1v) is 6.99. The Morgan fingerprint density at radius 1 is 1.14 bits per heavy atom. The highest BCUT2D eigenvalue weighted by molar-refractivity contribution is 5.68. The van der Waals surface area contributed by atoms with E-state index in [0.29, 0.717) is 13.1 Å². The van der Waals surface area contributed by atoms with E-state index in [0.717, 1.165) is 23.1 Å². The van der Waals surface area contributed by atoms with Crippen molar-refractivity contribution in [2.24, 2.45) is 0 Å². The summed E-state index contributed by atoms with van der Waals surface area (Å²) in [5, 5.41) is 9.89. The summed E-state index contributed by atoms with van der Waals surface area (Å²) in [5.74, 6) is 0.244. The number of aromatic hydroxyl groups is 1. The number of phenols is 1. The quantitative estimate of drug-likeness (QED) is 0.921. The standard InChI is InChI=1S/C17H17NO3/c19-16-8-4-7-14-9-10-18(11-15(14)16)17(20)21-12-13-5-2-1-3-6-13/h1-8,19H,9-12H2. The minimum Gasteiger partial charge on any atom is -0.508 e. The van der Waals surface area contributed by atoms with Crippen molar-refractivity contribution in [1.29, 1.82) is 0 Å². The summed E-state index contributed by atoms with van der Waals surface area (Å²) in [5.41, 5.74) is 2.88. The van der Waals surface area contributed by atoms with Crippen molar-refractivity contribution < 1.29 is 14.6 Å². The van der Waals surface area contributed by atoms with Crippen molar-refractivity contribution in [3.63, 3.8) is 0 Å². The van der Waals surface area contributed by atoms with Crippen molar-refractivity contribution in [3.05, 3.63) is 65.2 Å². The Kier molecular flexibility index (Phi) is 3.77. The summed E-state index contributed by atoms with van der Waals surface area (Å²) in [4.78, 5) is 13.7. The van der Waals surface area contributed by atoms with E-state index in [1.165, 1.54) is 0 Å². The first-order valence-electron chi connectivity index (χ1n) is 6.99. The highest BCUT2D eigenvalue weighted by Gasteiger charge is 2.23. The van der Waals surface area contributed by atoms with E-state index in [1.807, 2.05) is 42.5 Å². The van der Waals surface area contributed by atoms with Gasteiger partial charge in [-0.25, -0.2) is 4.79 Å². The fraction of sp³-hybridized carbons (Fsp3) is 0.235. The van der Waals surface area contributed by atoms with Gasteiger partial charge in [-0.1, -0.05) is 42.5 Å². The molecule has 1 N–H and O–H groups in total. The van der Waals surface area contributed by atoms with Crippen molar-refractivity contribution in [3.8, 4) is 5.75 Å². The Hall–Kier alpha value is -2.49. The van der Waals surface area contributed by atoms with Crippen LogP contribution in [-0.2, 0) is 24.3 Å². The van der Waals surface area contributed by atoms with Gasteiger partial charge in [0.25, 0.3) is 0 Å². The molecule has 0 saturated heterocycles. The van der Waals surface area contributed by atoms with Crippen LogP contribution >= 0.6 is 0 Å². The predicted octanol–water partition coefficient (Wildman–Crippen LogP) is 3.09. The zero-order valence-corrected chi connectivity index (χ0v) is 11.7. The molecule has 0 atom stereocenters. The number of hydrogen-bond donors (Lipinski definition) is 1. The van der Waals surface area contributed by atoms with E-state index in [9.17, 15) is 9.90 Å². The number of carbonyl (C=O) groups is 1. The summed E-state index contributed by atoms with van der Waals surface area (Å²) in [6.45, 7) is 1.28. The average Bonchev–Trinajstić information content (AvgIpc) is 2.54. The molecule has 3 rings (SSSR count). The summed E-state index contributed by atoms with van der Waals surface area (Å²) >= 11 is 0. The normalized spacial score (nSPS) is 13.6. The summed E-state index contributed by atoms with van der Waals surface area (Å²) in [6.07, 6.45) is 0.400. The number of nitrogens with zero attached hydrogens (tertiary/aromatic N) is 1. The molecule has 2 aromatic carbocycles. The smallest absolute Gasteiger partial charge is 0.410 e. The molecule has 0 unspecified atom stereocenters. The third-order valence-corrected chi connectivity index (χ3v) is 3.71. The molecule has 1 heterocycles.